The van der Waals surface area contributed by atoms with Gasteiger partial charge in [-0.3, -0.25) is 9.59 Å². The second kappa shape index (κ2) is 8.97. The molecule has 1 aliphatic carbocycles. The van der Waals surface area contributed by atoms with Gasteiger partial charge in [0.05, 0.1) is 18.6 Å². The molecule has 1 aliphatic heterocycles. The summed E-state index contributed by atoms with van der Waals surface area (Å²) in [5.74, 6) is -2.15. The number of β-amino-alcohol motifs (C(OH)–C–C–N with tert-alkyl or cyclic N) is 2. The van der Waals surface area contributed by atoms with Gasteiger partial charge in [0.2, 0.25) is 5.91 Å². The first-order chi connectivity index (χ1) is 15.3. The van der Waals surface area contributed by atoms with Crippen molar-refractivity contribution in [2.45, 2.75) is 30.6 Å². The second-order valence-corrected chi connectivity index (χ2v) is 8.00. The molecule has 32 heavy (non-hydrogen) atoms. The lowest BCUT2D eigenvalue weighted by Gasteiger charge is -2.23. The minimum Gasteiger partial charge on any atom is -0.481 e. The van der Waals surface area contributed by atoms with Gasteiger partial charge in [0.15, 0.2) is 0 Å². The smallest absolute Gasteiger partial charge is 0.407 e. The fourth-order valence-corrected chi connectivity index (χ4v) is 4.33. The predicted molar refractivity (Wildman–Crippen MR) is 113 cm³/mol. The Bertz CT molecular complexity index is 985. The maximum absolute atomic E-state index is 12.7. The Morgan fingerprint density at radius 2 is 1.50 bits per heavy atom. The Morgan fingerprint density at radius 3 is 2.03 bits per heavy atom. The Labute approximate surface area is 184 Å². The molecule has 2 aromatic rings. The van der Waals surface area contributed by atoms with Crippen LogP contribution in [-0.2, 0) is 14.3 Å². The van der Waals surface area contributed by atoms with E-state index in [0.717, 1.165) is 27.2 Å². The van der Waals surface area contributed by atoms with Gasteiger partial charge in [0, 0.05) is 19.0 Å². The number of nitrogens with zero attached hydrogens (tertiary/aromatic N) is 1. The first-order valence-electron chi connectivity index (χ1n) is 10.3. The number of aliphatic carboxylic acids is 1. The maximum Gasteiger partial charge on any atom is 0.407 e. The van der Waals surface area contributed by atoms with Crippen molar-refractivity contribution in [2.24, 2.45) is 0 Å². The zero-order valence-corrected chi connectivity index (χ0v) is 17.2. The molecule has 1 unspecified atom stereocenters. The number of carboxylic acids is 1. The normalized spacial score (nSPS) is 20.4. The average molecular weight is 440 g/mol. The lowest BCUT2D eigenvalue weighted by Crippen LogP contribution is -2.49. The van der Waals surface area contributed by atoms with E-state index in [1.54, 1.807) is 0 Å². The molecular weight excluding hydrogens is 416 g/mol. The number of ether oxygens (including phenoxy) is 1. The van der Waals surface area contributed by atoms with Crippen molar-refractivity contribution in [3.05, 3.63) is 59.7 Å². The van der Waals surface area contributed by atoms with Crippen LogP contribution in [0.2, 0.25) is 0 Å². The van der Waals surface area contributed by atoms with Crippen LogP contribution in [0.5, 0.6) is 0 Å². The third kappa shape index (κ3) is 4.30. The van der Waals surface area contributed by atoms with Crippen LogP contribution >= 0.6 is 0 Å². The number of hydrogen-bond acceptors (Lipinski definition) is 6. The SMILES string of the molecule is O=C(O)CC(NC(=O)OCC1c2ccccc2-c2ccccc21)C(=O)N1C[C@@H](O)[C@@H](O)C1. The topological polar surface area (TPSA) is 136 Å². The summed E-state index contributed by atoms with van der Waals surface area (Å²) in [6, 6.07) is 14.3. The molecule has 0 aromatic heterocycles. The molecular formula is C23H24N2O7. The Kier molecular flexibility index (Phi) is 6.11. The molecule has 1 fully saturated rings. The standard InChI is InChI=1S/C23H24N2O7/c26-19-10-25(11-20(19)27)22(30)18(9-21(28)29)24-23(31)32-12-17-15-7-3-1-5-13(15)14-6-2-4-8-16(14)17/h1-8,17-20,26-27H,9-12H2,(H,24,31)(H,28,29)/t18?,19-,20+. The molecule has 4 N–H and O–H groups in total. The van der Waals surface area contributed by atoms with Crippen LogP contribution in [0.4, 0.5) is 4.79 Å². The predicted octanol–water partition coefficient (Wildman–Crippen LogP) is 0.932. The zero-order valence-electron chi connectivity index (χ0n) is 17.2. The van der Waals surface area contributed by atoms with E-state index in [1.807, 2.05) is 48.5 Å². The highest BCUT2D eigenvalue weighted by Gasteiger charge is 2.37. The molecule has 0 saturated carbocycles. The van der Waals surface area contributed by atoms with Crippen molar-refractivity contribution >= 4 is 18.0 Å². The molecule has 9 nitrogen and oxygen atoms in total. The fraction of sp³-hybridized carbons (Fsp3) is 0.348. The molecule has 0 bridgehead atoms. The third-order valence-corrected chi connectivity index (χ3v) is 5.88. The van der Waals surface area contributed by atoms with E-state index in [-0.39, 0.29) is 25.6 Å². The van der Waals surface area contributed by atoms with E-state index in [0.29, 0.717) is 0 Å². The summed E-state index contributed by atoms with van der Waals surface area (Å²) < 4.78 is 5.39. The van der Waals surface area contributed by atoms with Gasteiger partial charge in [0.25, 0.3) is 0 Å². The molecule has 2 aromatic carbocycles. The molecule has 168 valence electrons. The van der Waals surface area contributed by atoms with Gasteiger partial charge in [-0.05, 0) is 22.3 Å². The summed E-state index contributed by atoms with van der Waals surface area (Å²) >= 11 is 0. The molecule has 0 radical (unpaired) electrons. The van der Waals surface area contributed by atoms with E-state index >= 15 is 0 Å². The lowest BCUT2D eigenvalue weighted by atomic mass is 9.98. The Hall–Kier alpha value is -3.43. The molecule has 1 heterocycles. The summed E-state index contributed by atoms with van der Waals surface area (Å²) in [5.41, 5.74) is 4.20. The van der Waals surface area contributed by atoms with Crippen molar-refractivity contribution in [1.82, 2.24) is 10.2 Å². The fourth-order valence-electron chi connectivity index (χ4n) is 4.33. The number of carboxylic acid groups (broad SMARTS) is 1. The second-order valence-electron chi connectivity index (χ2n) is 8.00. The number of carbonyl (C=O) groups is 3. The quantitative estimate of drug-likeness (QED) is 0.525. The van der Waals surface area contributed by atoms with Gasteiger partial charge in [-0.1, -0.05) is 48.5 Å². The molecule has 2 aliphatic rings. The number of nitrogens with one attached hydrogen (secondary N) is 1. The third-order valence-electron chi connectivity index (χ3n) is 5.88. The van der Waals surface area contributed by atoms with Crippen molar-refractivity contribution in [3.8, 4) is 11.1 Å². The van der Waals surface area contributed by atoms with Crippen LogP contribution in [-0.4, -0.2) is 76.1 Å². The Balaban J connectivity index is 1.43. The molecule has 2 amide bonds. The van der Waals surface area contributed by atoms with E-state index in [9.17, 15) is 24.6 Å². The number of carbonyl (C=O) groups excluding carboxylic acids is 2. The average Bonchev–Trinajstić information content (AvgIpc) is 3.28. The molecule has 0 spiro atoms. The van der Waals surface area contributed by atoms with E-state index in [4.69, 9.17) is 9.84 Å². The summed E-state index contributed by atoms with van der Waals surface area (Å²) in [7, 11) is 0. The number of rotatable bonds is 6. The van der Waals surface area contributed by atoms with Crippen LogP contribution in [0.3, 0.4) is 0 Å². The summed E-state index contributed by atoms with van der Waals surface area (Å²) in [6.07, 6.45) is -3.78. The number of hydrogen-bond donors (Lipinski definition) is 4. The molecule has 3 atom stereocenters. The highest BCUT2D eigenvalue weighted by atomic mass is 16.5. The first-order valence-corrected chi connectivity index (χ1v) is 10.3. The molecule has 9 heteroatoms. The van der Waals surface area contributed by atoms with E-state index in [1.165, 1.54) is 0 Å². The van der Waals surface area contributed by atoms with Gasteiger partial charge in [-0.25, -0.2) is 4.79 Å². The maximum atomic E-state index is 12.7. The first kappa shape index (κ1) is 21.8. The van der Waals surface area contributed by atoms with Gasteiger partial charge in [0.1, 0.15) is 12.6 Å². The van der Waals surface area contributed by atoms with Crippen LogP contribution in [0.15, 0.2) is 48.5 Å². The van der Waals surface area contributed by atoms with Gasteiger partial charge in [-0.2, -0.15) is 0 Å². The summed E-state index contributed by atoms with van der Waals surface area (Å²) in [5, 5.41) is 30.8. The van der Waals surface area contributed by atoms with E-state index in [2.05, 4.69) is 5.32 Å². The number of alkyl carbamates (subject to hydrolysis) is 1. The number of aliphatic hydroxyl groups is 2. The number of amides is 2. The largest absolute Gasteiger partial charge is 0.481 e. The van der Waals surface area contributed by atoms with Crippen LogP contribution in [0.1, 0.15) is 23.5 Å². The van der Waals surface area contributed by atoms with Crippen LogP contribution in [0, 0.1) is 0 Å². The summed E-state index contributed by atoms with van der Waals surface area (Å²) in [4.78, 5) is 37.5. The molecule has 1 saturated heterocycles. The van der Waals surface area contributed by atoms with Crippen molar-refractivity contribution in [2.75, 3.05) is 19.7 Å². The monoisotopic (exact) mass is 440 g/mol. The molecule has 4 rings (SSSR count). The van der Waals surface area contributed by atoms with Gasteiger partial charge < -0.3 is 30.3 Å². The van der Waals surface area contributed by atoms with Crippen LogP contribution in [0.25, 0.3) is 11.1 Å². The minimum absolute atomic E-state index is 0.0228. The van der Waals surface area contributed by atoms with Crippen molar-refractivity contribution < 1.29 is 34.4 Å². The summed E-state index contributed by atoms with van der Waals surface area (Å²) in [6.45, 7) is -0.250. The highest BCUT2D eigenvalue weighted by molar-refractivity contribution is 5.89. The van der Waals surface area contributed by atoms with Crippen molar-refractivity contribution in [3.63, 3.8) is 0 Å². The van der Waals surface area contributed by atoms with Gasteiger partial charge in [-0.15, -0.1) is 0 Å². The van der Waals surface area contributed by atoms with E-state index < -0.39 is 42.6 Å². The van der Waals surface area contributed by atoms with Crippen molar-refractivity contribution in [1.29, 1.82) is 0 Å². The number of likely N-dealkylation sites (tertiary alicyclic amines) is 1. The van der Waals surface area contributed by atoms with Gasteiger partial charge >= 0.3 is 12.1 Å². The Morgan fingerprint density at radius 1 is 0.969 bits per heavy atom. The minimum atomic E-state index is -1.37. The number of aliphatic hydroxyl groups excluding tert-OH is 2. The lowest BCUT2D eigenvalue weighted by molar-refractivity contribution is -0.142. The zero-order chi connectivity index (χ0) is 22.8. The number of benzene rings is 2. The van der Waals surface area contributed by atoms with Crippen LogP contribution < -0.4 is 5.32 Å². The highest BCUT2D eigenvalue weighted by Crippen LogP contribution is 2.44. The number of fused-ring (bicyclic) bond motifs is 3.